The monoisotopic (exact) mass is 264 g/mol. The fraction of sp³-hybridized carbons (Fsp3) is 0.273. The summed E-state index contributed by atoms with van der Waals surface area (Å²) in [6.45, 7) is -0.320. The van der Waals surface area contributed by atoms with Gasteiger partial charge in [-0.05, 0) is 18.2 Å². The number of carbonyl (C=O) groups is 2. The Kier molecular flexibility index (Phi) is 3.71. The largest absolute Gasteiger partial charge is 0.480 e. The van der Waals surface area contributed by atoms with E-state index in [1.165, 1.54) is 12.1 Å². The van der Waals surface area contributed by atoms with Crippen LogP contribution in [0.5, 0.6) is 0 Å². The molecule has 8 nitrogen and oxygen atoms in total. The van der Waals surface area contributed by atoms with Gasteiger partial charge in [-0.15, -0.1) is 0 Å². The normalized spacial score (nSPS) is 12.3. The van der Waals surface area contributed by atoms with E-state index in [2.05, 4.69) is 20.7 Å². The number of nitrogens with one attached hydrogen (secondary N) is 2. The van der Waals surface area contributed by atoms with Gasteiger partial charge in [-0.2, -0.15) is 15.4 Å². The first kappa shape index (κ1) is 13.0. The lowest BCUT2D eigenvalue weighted by Crippen LogP contribution is -2.41. The summed E-state index contributed by atoms with van der Waals surface area (Å²) in [5, 5.41) is 30.1. The average Bonchev–Trinajstić information content (AvgIpc) is 2.85. The molecule has 0 saturated carbocycles. The first-order chi connectivity index (χ1) is 9.11. The number of nitrogens with zero attached hydrogens (tertiary/aromatic N) is 2. The molecule has 19 heavy (non-hydrogen) atoms. The van der Waals surface area contributed by atoms with Crippen molar-refractivity contribution in [3.8, 4) is 0 Å². The van der Waals surface area contributed by atoms with Crippen molar-refractivity contribution in [2.75, 3.05) is 6.61 Å². The van der Waals surface area contributed by atoms with Gasteiger partial charge in [0.1, 0.15) is 17.1 Å². The molecule has 0 aliphatic rings. The molecule has 1 amide bonds. The molecule has 0 radical (unpaired) electrons. The van der Waals surface area contributed by atoms with Crippen molar-refractivity contribution in [2.24, 2.45) is 0 Å². The van der Waals surface area contributed by atoms with Crippen LogP contribution in [0.1, 0.15) is 16.8 Å². The highest BCUT2D eigenvalue weighted by molar-refractivity contribution is 5.98. The summed E-state index contributed by atoms with van der Waals surface area (Å²) in [4.78, 5) is 22.8. The van der Waals surface area contributed by atoms with Crippen LogP contribution in [0.3, 0.4) is 0 Å². The molecule has 1 unspecified atom stereocenters. The third kappa shape index (κ3) is 2.86. The Balaban J connectivity index is 2.16. The Labute approximate surface area is 107 Å². The predicted molar refractivity (Wildman–Crippen MR) is 64.5 cm³/mol. The molecule has 0 bridgehead atoms. The Morgan fingerprint density at radius 1 is 1.32 bits per heavy atom. The summed E-state index contributed by atoms with van der Waals surface area (Å²) >= 11 is 0. The fourth-order valence-electron chi connectivity index (χ4n) is 1.61. The first-order valence-electron chi connectivity index (χ1n) is 5.57. The van der Waals surface area contributed by atoms with E-state index in [0.717, 1.165) is 0 Å². The van der Waals surface area contributed by atoms with E-state index in [1.807, 2.05) is 0 Å². The van der Waals surface area contributed by atoms with Crippen LogP contribution in [-0.4, -0.2) is 50.1 Å². The number of benzene rings is 1. The maximum absolute atomic E-state index is 11.9. The zero-order chi connectivity index (χ0) is 13.8. The molecule has 0 aliphatic carbocycles. The molecule has 0 aliphatic heterocycles. The lowest BCUT2D eigenvalue weighted by molar-refractivity contribution is -0.139. The van der Waals surface area contributed by atoms with Crippen LogP contribution in [0.2, 0.25) is 0 Å². The number of carbonyl (C=O) groups excluding carboxylic acids is 1. The molecular weight excluding hydrogens is 252 g/mol. The summed E-state index contributed by atoms with van der Waals surface area (Å²) in [6, 6.07) is 3.52. The highest BCUT2D eigenvalue weighted by Gasteiger charge is 2.20. The molecule has 0 fully saturated rings. The van der Waals surface area contributed by atoms with Crippen molar-refractivity contribution in [1.82, 2.24) is 20.7 Å². The number of aromatic amines is 1. The van der Waals surface area contributed by atoms with Gasteiger partial charge < -0.3 is 15.5 Å². The smallest absolute Gasteiger partial charge is 0.326 e. The van der Waals surface area contributed by atoms with Crippen molar-refractivity contribution in [3.05, 3.63) is 23.8 Å². The molecule has 0 saturated heterocycles. The zero-order valence-corrected chi connectivity index (χ0v) is 9.83. The third-order valence-electron chi connectivity index (χ3n) is 2.60. The van der Waals surface area contributed by atoms with Crippen molar-refractivity contribution in [3.63, 3.8) is 0 Å². The number of aliphatic hydroxyl groups excluding tert-OH is 1. The highest BCUT2D eigenvalue weighted by Crippen LogP contribution is 2.10. The number of amides is 1. The van der Waals surface area contributed by atoms with Crippen LogP contribution in [0, 0.1) is 0 Å². The van der Waals surface area contributed by atoms with Crippen molar-refractivity contribution >= 4 is 22.9 Å². The van der Waals surface area contributed by atoms with E-state index in [0.29, 0.717) is 11.0 Å². The Bertz CT molecular complexity index is 610. The lowest BCUT2D eigenvalue weighted by Gasteiger charge is -2.12. The Hall–Kier alpha value is -2.48. The van der Waals surface area contributed by atoms with E-state index in [4.69, 9.17) is 10.2 Å². The maximum Gasteiger partial charge on any atom is 0.326 e. The number of carboxylic acids is 1. The number of aromatic nitrogens is 3. The van der Waals surface area contributed by atoms with Crippen LogP contribution < -0.4 is 5.32 Å². The van der Waals surface area contributed by atoms with Gasteiger partial charge in [-0.25, -0.2) is 4.79 Å². The molecule has 1 atom stereocenters. The van der Waals surface area contributed by atoms with Crippen LogP contribution in [-0.2, 0) is 4.79 Å². The van der Waals surface area contributed by atoms with Crippen molar-refractivity contribution in [1.29, 1.82) is 0 Å². The molecule has 2 rings (SSSR count). The Morgan fingerprint density at radius 2 is 2.05 bits per heavy atom. The van der Waals surface area contributed by atoms with Gasteiger partial charge in [0.2, 0.25) is 0 Å². The number of rotatable bonds is 5. The minimum absolute atomic E-state index is 0.0483. The minimum Gasteiger partial charge on any atom is -0.480 e. The molecule has 8 heteroatoms. The lowest BCUT2D eigenvalue weighted by atomic mass is 10.1. The van der Waals surface area contributed by atoms with Gasteiger partial charge >= 0.3 is 5.97 Å². The topological polar surface area (TPSA) is 128 Å². The Morgan fingerprint density at radius 3 is 2.74 bits per heavy atom. The van der Waals surface area contributed by atoms with Crippen LogP contribution >= 0.6 is 0 Å². The van der Waals surface area contributed by atoms with Gasteiger partial charge in [0.15, 0.2) is 0 Å². The zero-order valence-electron chi connectivity index (χ0n) is 9.83. The molecule has 4 N–H and O–H groups in total. The number of H-pyrrole nitrogens is 1. The maximum atomic E-state index is 11.9. The van der Waals surface area contributed by atoms with Crippen LogP contribution in [0.4, 0.5) is 0 Å². The summed E-state index contributed by atoms with van der Waals surface area (Å²) in [5.41, 5.74) is 1.41. The van der Waals surface area contributed by atoms with E-state index in [-0.39, 0.29) is 18.6 Å². The second-order valence-electron chi connectivity index (χ2n) is 3.90. The van der Waals surface area contributed by atoms with Gasteiger partial charge in [-0.3, -0.25) is 4.79 Å². The minimum atomic E-state index is -1.19. The van der Waals surface area contributed by atoms with Crippen LogP contribution in [0.15, 0.2) is 18.2 Å². The number of aliphatic hydroxyl groups is 1. The quantitative estimate of drug-likeness (QED) is 0.577. The standard InChI is InChI=1S/C11H12N4O4/c16-4-3-8(11(18)19)12-10(17)6-1-2-7-9(5-6)14-15-13-7/h1-2,5,8,16H,3-4H2,(H,12,17)(H,18,19)(H,13,14,15). The van der Waals surface area contributed by atoms with Crippen molar-refractivity contribution in [2.45, 2.75) is 12.5 Å². The first-order valence-corrected chi connectivity index (χ1v) is 5.57. The van der Waals surface area contributed by atoms with Gasteiger partial charge in [-0.1, -0.05) is 0 Å². The number of fused-ring (bicyclic) bond motifs is 1. The molecule has 2 aromatic rings. The molecule has 100 valence electrons. The third-order valence-corrected chi connectivity index (χ3v) is 2.60. The molecular formula is C11H12N4O4. The summed E-state index contributed by atoms with van der Waals surface area (Å²) in [5.74, 6) is -1.73. The summed E-state index contributed by atoms with van der Waals surface area (Å²) < 4.78 is 0. The predicted octanol–water partition coefficient (Wildman–Crippen LogP) is -0.477. The molecule has 1 aromatic carbocycles. The average molecular weight is 264 g/mol. The van der Waals surface area contributed by atoms with Crippen molar-refractivity contribution < 1.29 is 19.8 Å². The second kappa shape index (κ2) is 5.44. The van der Waals surface area contributed by atoms with E-state index >= 15 is 0 Å². The van der Waals surface area contributed by atoms with E-state index in [9.17, 15) is 9.59 Å². The van der Waals surface area contributed by atoms with Gasteiger partial charge in [0.25, 0.3) is 5.91 Å². The fourth-order valence-corrected chi connectivity index (χ4v) is 1.61. The number of carboxylic acid groups (broad SMARTS) is 1. The SMILES string of the molecule is O=C(NC(CCO)C(=O)O)c1ccc2n[nH]nc2c1. The van der Waals surface area contributed by atoms with Gasteiger partial charge in [0, 0.05) is 18.6 Å². The summed E-state index contributed by atoms with van der Waals surface area (Å²) in [7, 11) is 0. The molecule has 1 aromatic heterocycles. The van der Waals surface area contributed by atoms with Crippen LogP contribution in [0.25, 0.3) is 11.0 Å². The number of hydrogen-bond donors (Lipinski definition) is 4. The van der Waals surface area contributed by atoms with E-state index < -0.39 is 17.9 Å². The van der Waals surface area contributed by atoms with E-state index in [1.54, 1.807) is 6.07 Å². The van der Waals surface area contributed by atoms with Gasteiger partial charge in [0.05, 0.1) is 0 Å². The molecule has 1 heterocycles. The molecule has 0 spiro atoms. The highest BCUT2D eigenvalue weighted by atomic mass is 16.4. The number of hydrogen-bond acceptors (Lipinski definition) is 5. The number of aliphatic carboxylic acids is 1. The summed E-state index contributed by atoms with van der Waals surface area (Å²) in [6.07, 6.45) is -0.0483. The second-order valence-corrected chi connectivity index (χ2v) is 3.90.